The minimum atomic E-state index is -3.55. The molecule has 2 aliphatic rings. The van der Waals surface area contributed by atoms with Crippen LogP contribution in [0.1, 0.15) is 18.4 Å². The lowest BCUT2D eigenvalue weighted by molar-refractivity contribution is 0.135. The molecule has 0 atom stereocenters. The number of ether oxygens (including phenoxy) is 1. The highest BCUT2D eigenvalue weighted by Gasteiger charge is 2.37. The Morgan fingerprint density at radius 3 is 2.60 bits per heavy atom. The van der Waals surface area contributed by atoms with E-state index in [1.54, 1.807) is 11.0 Å². The van der Waals surface area contributed by atoms with E-state index in [1.165, 1.54) is 15.6 Å². The summed E-state index contributed by atoms with van der Waals surface area (Å²) in [5, 5.41) is 0.940. The molecular weight excluding hydrogens is 488 g/mol. The number of amides is 1. The van der Waals surface area contributed by atoms with Crippen LogP contribution in [0.4, 0.5) is 10.5 Å². The van der Waals surface area contributed by atoms with Gasteiger partial charge in [-0.3, -0.25) is 4.90 Å². The van der Waals surface area contributed by atoms with Crippen molar-refractivity contribution in [3.05, 3.63) is 58.6 Å². The third-order valence-corrected chi connectivity index (χ3v) is 9.59. The number of hydrogen-bond acceptors (Lipinski definition) is 5. The zero-order chi connectivity index (χ0) is 20.9. The number of carbonyl (C=O) groups excluding carboxylic acids is 1. The largest absolute Gasteiger partial charge is 0.444 e. The van der Waals surface area contributed by atoms with Gasteiger partial charge in [-0.1, -0.05) is 34.1 Å². The van der Waals surface area contributed by atoms with Gasteiger partial charge in [-0.05, 0) is 48.6 Å². The number of anilines is 1. The van der Waals surface area contributed by atoms with Gasteiger partial charge >= 0.3 is 6.09 Å². The summed E-state index contributed by atoms with van der Waals surface area (Å²) in [6.07, 6.45) is 0.763. The second-order valence-corrected chi connectivity index (χ2v) is 11.6. The van der Waals surface area contributed by atoms with Crippen LogP contribution >= 0.6 is 27.3 Å². The third-order valence-electron chi connectivity index (χ3n) is 5.63. The van der Waals surface area contributed by atoms with Gasteiger partial charge in [0.15, 0.2) is 0 Å². The summed E-state index contributed by atoms with van der Waals surface area (Å²) in [4.78, 5) is 14.2. The van der Waals surface area contributed by atoms with Crippen LogP contribution in [0, 0.1) is 0 Å². The lowest BCUT2D eigenvalue weighted by Gasteiger charge is -2.39. The van der Waals surface area contributed by atoms with Crippen molar-refractivity contribution in [2.24, 2.45) is 0 Å². The minimum Gasteiger partial charge on any atom is -0.444 e. The van der Waals surface area contributed by atoms with Gasteiger partial charge in [-0.15, -0.1) is 11.3 Å². The number of sulfonamides is 1. The van der Waals surface area contributed by atoms with Gasteiger partial charge in [0, 0.05) is 33.9 Å². The number of piperidine rings is 1. The number of rotatable bonds is 3. The fourth-order valence-electron chi connectivity index (χ4n) is 4.11. The van der Waals surface area contributed by atoms with Gasteiger partial charge in [0.05, 0.1) is 5.69 Å². The number of carbonyl (C=O) groups is 1. The predicted molar refractivity (Wildman–Crippen MR) is 120 cm³/mol. The fraction of sp³-hybridized carbons (Fsp3) is 0.286. The van der Waals surface area contributed by atoms with Crippen LogP contribution in [0.15, 0.2) is 57.2 Å². The molecular formula is C21H19BrN2O4S2. The highest BCUT2D eigenvalue weighted by Crippen LogP contribution is 2.36. The van der Waals surface area contributed by atoms with Crippen LogP contribution in [-0.2, 0) is 21.4 Å². The van der Waals surface area contributed by atoms with Crippen molar-refractivity contribution in [3.63, 3.8) is 0 Å². The molecule has 6 nitrogen and oxygen atoms in total. The Balaban J connectivity index is 1.36. The number of benzene rings is 2. The Morgan fingerprint density at radius 1 is 1.07 bits per heavy atom. The predicted octanol–water partition coefficient (Wildman–Crippen LogP) is 4.97. The molecule has 3 heterocycles. The molecule has 0 N–H and O–H groups in total. The maximum atomic E-state index is 13.2. The van der Waals surface area contributed by atoms with E-state index in [0.29, 0.717) is 30.1 Å². The van der Waals surface area contributed by atoms with Gasteiger partial charge in [0.1, 0.15) is 10.8 Å². The molecule has 0 aliphatic carbocycles. The lowest BCUT2D eigenvalue weighted by Crippen LogP contribution is -2.50. The number of thiophene rings is 1. The molecule has 5 rings (SSSR count). The molecule has 2 aromatic carbocycles. The van der Waals surface area contributed by atoms with E-state index < -0.39 is 10.0 Å². The molecule has 1 saturated heterocycles. The summed E-state index contributed by atoms with van der Waals surface area (Å²) in [5.74, 6) is 0. The van der Waals surface area contributed by atoms with Crippen molar-refractivity contribution in [3.8, 4) is 0 Å². The van der Waals surface area contributed by atoms with Crippen LogP contribution in [0.5, 0.6) is 0 Å². The average Bonchev–Trinajstić information content (AvgIpc) is 3.19. The van der Waals surface area contributed by atoms with Gasteiger partial charge < -0.3 is 4.74 Å². The Labute approximate surface area is 187 Å². The molecule has 2 aliphatic heterocycles. The summed E-state index contributed by atoms with van der Waals surface area (Å²) in [7, 11) is -3.55. The van der Waals surface area contributed by atoms with E-state index in [2.05, 4.69) is 15.9 Å². The number of fused-ring (bicyclic) bond motifs is 2. The summed E-state index contributed by atoms with van der Waals surface area (Å²) in [6, 6.07) is 15.1. The van der Waals surface area contributed by atoms with Gasteiger partial charge in [0.25, 0.3) is 10.0 Å². The van der Waals surface area contributed by atoms with Gasteiger partial charge in [-0.25, -0.2) is 13.2 Å². The van der Waals surface area contributed by atoms with Crippen molar-refractivity contribution in [2.45, 2.75) is 29.7 Å². The molecule has 9 heteroatoms. The highest BCUT2D eigenvalue weighted by atomic mass is 79.9. The Hall–Kier alpha value is -1.94. The maximum absolute atomic E-state index is 13.2. The van der Waals surface area contributed by atoms with Crippen molar-refractivity contribution < 1.29 is 17.9 Å². The first-order valence-corrected chi connectivity index (χ1v) is 12.7. The first kappa shape index (κ1) is 20.0. The number of nitrogens with zero attached hydrogens (tertiary/aromatic N) is 2. The molecule has 0 bridgehead atoms. The summed E-state index contributed by atoms with van der Waals surface area (Å²) in [5.41, 5.74) is 1.80. The second-order valence-electron chi connectivity index (χ2n) is 7.44. The third kappa shape index (κ3) is 3.43. The van der Waals surface area contributed by atoms with Crippen molar-refractivity contribution >= 4 is 59.2 Å². The minimum absolute atomic E-state index is 0.0911. The van der Waals surface area contributed by atoms with E-state index >= 15 is 0 Å². The van der Waals surface area contributed by atoms with Crippen LogP contribution < -0.4 is 4.90 Å². The highest BCUT2D eigenvalue weighted by molar-refractivity contribution is 9.10. The Kier molecular flexibility index (Phi) is 5.09. The molecule has 0 saturated carbocycles. The smallest absolute Gasteiger partial charge is 0.414 e. The van der Waals surface area contributed by atoms with Crippen molar-refractivity contribution in [1.82, 2.24) is 4.31 Å². The quantitative estimate of drug-likeness (QED) is 0.502. The lowest BCUT2D eigenvalue weighted by atomic mass is 10.0. The van der Waals surface area contributed by atoms with E-state index in [-0.39, 0.29) is 18.7 Å². The van der Waals surface area contributed by atoms with Gasteiger partial charge in [0.2, 0.25) is 0 Å². The normalized spacial score (nSPS) is 18.4. The first-order chi connectivity index (χ1) is 14.4. The molecule has 1 amide bonds. The van der Waals surface area contributed by atoms with E-state index in [9.17, 15) is 13.2 Å². The van der Waals surface area contributed by atoms with Crippen LogP contribution in [0.2, 0.25) is 0 Å². The standard InChI is InChI=1S/C21H19BrN2O4S2/c22-16-5-6-18-15(11-16)13-28-21(25)24(18)17-7-9-23(10-8-17)30(26,27)20-12-14-3-1-2-4-19(14)29-20/h1-6,11-12,17H,7-10,13H2. The van der Waals surface area contributed by atoms with Crippen molar-refractivity contribution in [1.29, 1.82) is 0 Å². The van der Waals surface area contributed by atoms with Crippen LogP contribution in [-0.4, -0.2) is 37.9 Å². The number of cyclic esters (lactones) is 1. The van der Waals surface area contributed by atoms with E-state index in [4.69, 9.17) is 4.74 Å². The van der Waals surface area contributed by atoms with Gasteiger partial charge in [-0.2, -0.15) is 4.31 Å². The first-order valence-electron chi connectivity index (χ1n) is 9.66. The molecule has 30 heavy (non-hydrogen) atoms. The molecule has 1 fully saturated rings. The molecule has 0 spiro atoms. The number of halogens is 1. The fourth-order valence-corrected chi connectivity index (χ4v) is 7.54. The summed E-state index contributed by atoms with van der Waals surface area (Å²) in [6.45, 7) is 0.997. The van der Waals surface area contributed by atoms with Crippen molar-refractivity contribution in [2.75, 3.05) is 18.0 Å². The van der Waals surface area contributed by atoms with E-state index in [1.807, 2.05) is 42.5 Å². The Bertz CT molecular complexity index is 1200. The Morgan fingerprint density at radius 2 is 1.83 bits per heavy atom. The molecule has 3 aromatic rings. The topological polar surface area (TPSA) is 66.9 Å². The van der Waals surface area contributed by atoms with E-state index in [0.717, 1.165) is 25.8 Å². The molecule has 0 unspecified atom stereocenters. The molecule has 156 valence electrons. The second kappa shape index (κ2) is 7.64. The molecule has 0 radical (unpaired) electrons. The summed E-state index contributed by atoms with van der Waals surface area (Å²) < 4.78 is 35.5. The zero-order valence-electron chi connectivity index (χ0n) is 16.0. The number of hydrogen-bond donors (Lipinski definition) is 0. The monoisotopic (exact) mass is 506 g/mol. The van der Waals surface area contributed by atoms with Crippen LogP contribution in [0.3, 0.4) is 0 Å². The average molecular weight is 507 g/mol. The van der Waals surface area contributed by atoms with Crippen LogP contribution in [0.25, 0.3) is 10.1 Å². The SMILES string of the molecule is O=C1OCc2cc(Br)ccc2N1C1CCN(S(=O)(=O)c2cc3ccccc3s2)CC1. The summed E-state index contributed by atoms with van der Waals surface area (Å²) >= 11 is 4.76. The maximum Gasteiger partial charge on any atom is 0.414 e. The zero-order valence-corrected chi connectivity index (χ0v) is 19.2. The molecule has 1 aromatic heterocycles.